The predicted molar refractivity (Wildman–Crippen MR) is 91.3 cm³/mol. The number of H-pyrrole nitrogens is 1. The molecule has 1 N–H and O–H groups in total. The molecule has 0 fully saturated rings. The second-order valence-electron chi connectivity index (χ2n) is 4.88. The van der Waals surface area contributed by atoms with Crippen molar-refractivity contribution in [3.63, 3.8) is 0 Å². The van der Waals surface area contributed by atoms with Crippen LogP contribution < -0.4 is 4.52 Å². The lowest BCUT2D eigenvalue weighted by molar-refractivity contribution is -0.566. The van der Waals surface area contributed by atoms with Crippen LogP contribution in [0.4, 0.5) is 0 Å². The molecule has 0 saturated heterocycles. The maximum absolute atomic E-state index is 5.28. The van der Waals surface area contributed by atoms with Crippen molar-refractivity contribution in [3.05, 3.63) is 70.7 Å². The topological polar surface area (TPSA) is 32.8 Å². The number of nitrogens with zero attached hydrogens (tertiary/aromatic N) is 2. The summed E-state index contributed by atoms with van der Waals surface area (Å²) in [7, 11) is 0. The molecule has 2 aromatic heterocycles. The molecular weight excluding hydrogens is 310 g/mol. The molecule has 0 spiro atoms. The third-order valence-electron chi connectivity index (χ3n) is 3.45. The van der Waals surface area contributed by atoms with Crippen LogP contribution in [0.2, 0.25) is 0 Å². The standard InChI is InChI=1S/C17H11N3S2/c21-17-19-20-15(13-9-5-2-6-10-13)11-14(18-16(20)22-17)12-7-3-1-4-8-12/h1-11H/p+1. The maximum Gasteiger partial charge on any atom is 0.409 e. The molecule has 0 aliphatic carbocycles. The van der Waals surface area contributed by atoms with Crippen molar-refractivity contribution in [3.8, 4) is 22.5 Å². The average molecular weight is 322 g/mol. The molecule has 0 saturated carbocycles. The Kier molecular flexibility index (Phi) is 3.29. The van der Waals surface area contributed by atoms with Gasteiger partial charge in [0, 0.05) is 17.2 Å². The summed E-state index contributed by atoms with van der Waals surface area (Å²) in [6.07, 6.45) is 0. The minimum atomic E-state index is 0.717. The van der Waals surface area contributed by atoms with Crippen LogP contribution in [0.3, 0.4) is 0 Å². The van der Waals surface area contributed by atoms with Gasteiger partial charge in [-0.15, -0.1) is 4.52 Å². The van der Waals surface area contributed by atoms with Gasteiger partial charge < -0.3 is 0 Å². The van der Waals surface area contributed by atoms with Crippen LogP contribution in [-0.4, -0.2) is 10.1 Å². The predicted octanol–water partition coefficient (Wildman–Crippen LogP) is 4.27. The van der Waals surface area contributed by atoms with E-state index in [1.165, 1.54) is 11.3 Å². The molecule has 2 aromatic carbocycles. The Morgan fingerprint density at radius 1 is 0.909 bits per heavy atom. The molecule has 0 aliphatic rings. The highest BCUT2D eigenvalue weighted by Gasteiger charge is 2.19. The first-order valence-electron chi connectivity index (χ1n) is 6.88. The van der Waals surface area contributed by atoms with Gasteiger partial charge in [-0.1, -0.05) is 60.7 Å². The lowest BCUT2D eigenvalue weighted by atomic mass is 10.1. The highest BCUT2D eigenvalue weighted by molar-refractivity contribution is 7.73. The molecule has 106 valence electrons. The Bertz CT molecular complexity index is 989. The van der Waals surface area contributed by atoms with E-state index in [4.69, 9.17) is 17.2 Å². The molecule has 5 heteroatoms. The molecule has 0 unspecified atom stereocenters. The van der Waals surface area contributed by atoms with Gasteiger partial charge in [0.1, 0.15) is 0 Å². The molecule has 0 amide bonds. The van der Waals surface area contributed by atoms with Gasteiger partial charge in [-0.05, 0) is 28.5 Å². The van der Waals surface area contributed by atoms with E-state index in [1.54, 1.807) is 0 Å². The highest BCUT2D eigenvalue weighted by Crippen LogP contribution is 2.23. The Morgan fingerprint density at radius 3 is 2.23 bits per heavy atom. The summed E-state index contributed by atoms with van der Waals surface area (Å²) in [5.41, 5.74) is 4.23. The third kappa shape index (κ3) is 2.34. The first kappa shape index (κ1) is 13.3. The minimum Gasteiger partial charge on any atom is -0.201 e. The van der Waals surface area contributed by atoms with E-state index in [0.29, 0.717) is 0 Å². The van der Waals surface area contributed by atoms with Gasteiger partial charge >= 0.3 is 4.96 Å². The highest BCUT2D eigenvalue weighted by atomic mass is 32.1. The largest absolute Gasteiger partial charge is 0.409 e. The number of hydrogen-bond donors (Lipinski definition) is 1. The quantitative estimate of drug-likeness (QED) is 0.441. The summed E-state index contributed by atoms with van der Waals surface area (Å²) < 4.78 is 2.67. The van der Waals surface area contributed by atoms with E-state index >= 15 is 0 Å². The van der Waals surface area contributed by atoms with E-state index < -0.39 is 0 Å². The zero-order valence-corrected chi connectivity index (χ0v) is 13.2. The van der Waals surface area contributed by atoms with Crippen molar-refractivity contribution in [2.24, 2.45) is 0 Å². The molecule has 4 rings (SSSR count). The molecule has 3 nitrogen and oxygen atoms in total. The maximum atomic E-state index is 5.28. The van der Waals surface area contributed by atoms with Crippen LogP contribution in [0, 0.1) is 3.95 Å². The van der Waals surface area contributed by atoms with Gasteiger partial charge in [-0.2, -0.15) is 0 Å². The molecule has 22 heavy (non-hydrogen) atoms. The van der Waals surface area contributed by atoms with Crippen LogP contribution in [0.15, 0.2) is 66.7 Å². The Morgan fingerprint density at radius 2 is 1.55 bits per heavy atom. The van der Waals surface area contributed by atoms with Gasteiger partial charge in [-0.25, -0.2) is 5.10 Å². The second-order valence-corrected chi connectivity index (χ2v) is 6.52. The fraction of sp³-hybridized carbons (Fsp3) is 0. The van der Waals surface area contributed by atoms with E-state index in [0.717, 1.165) is 31.4 Å². The SMILES string of the molecule is S=c1[nH][n+]2c(-c3ccccc3)cc(-c3ccccc3)nc2s1. The number of aromatic amines is 1. The van der Waals surface area contributed by atoms with Gasteiger partial charge in [-0.3, -0.25) is 0 Å². The smallest absolute Gasteiger partial charge is 0.201 e. The summed E-state index contributed by atoms with van der Waals surface area (Å²) in [6, 6.07) is 22.5. The third-order valence-corrected chi connectivity index (χ3v) is 4.52. The van der Waals surface area contributed by atoms with Crippen molar-refractivity contribution < 1.29 is 4.52 Å². The number of aromatic nitrogens is 3. The molecule has 4 aromatic rings. The molecule has 0 radical (unpaired) electrons. The lowest BCUT2D eigenvalue weighted by Gasteiger charge is -2.01. The number of rotatable bonds is 2. The number of nitrogens with one attached hydrogen (secondary N) is 1. The molecular formula is C17H12N3S2+. The second kappa shape index (κ2) is 5.44. The van der Waals surface area contributed by atoms with E-state index in [2.05, 4.69) is 35.4 Å². The first-order valence-corrected chi connectivity index (χ1v) is 8.10. The van der Waals surface area contributed by atoms with Crippen LogP contribution in [0.5, 0.6) is 0 Å². The fourth-order valence-corrected chi connectivity index (χ4v) is 3.43. The van der Waals surface area contributed by atoms with Gasteiger partial charge in [0.05, 0.1) is 0 Å². The van der Waals surface area contributed by atoms with Crippen LogP contribution in [0.1, 0.15) is 0 Å². The van der Waals surface area contributed by atoms with Crippen LogP contribution >= 0.6 is 23.6 Å². The van der Waals surface area contributed by atoms with Gasteiger partial charge in [0.15, 0.2) is 15.3 Å². The van der Waals surface area contributed by atoms with Crippen molar-refractivity contribution >= 4 is 28.5 Å². The van der Waals surface area contributed by atoms with Crippen molar-refractivity contribution in [2.75, 3.05) is 0 Å². The summed E-state index contributed by atoms with van der Waals surface area (Å²) in [6.45, 7) is 0. The summed E-state index contributed by atoms with van der Waals surface area (Å²) in [4.78, 5) is 5.60. The monoisotopic (exact) mass is 322 g/mol. The minimum absolute atomic E-state index is 0.717. The Labute approximate surface area is 136 Å². The first-order chi connectivity index (χ1) is 10.8. The van der Waals surface area contributed by atoms with Crippen molar-refractivity contribution in [2.45, 2.75) is 0 Å². The Balaban J connectivity index is 2.04. The number of fused-ring (bicyclic) bond motifs is 1. The summed E-state index contributed by atoms with van der Waals surface area (Å²) >= 11 is 6.77. The van der Waals surface area contributed by atoms with E-state index in [1.807, 2.05) is 40.9 Å². The lowest BCUT2D eigenvalue weighted by Crippen LogP contribution is -2.27. The van der Waals surface area contributed by atoms with Gasteiger partial charge in [0.2, 0.25) is 0 Å². The number of benzene rings is 2. The zero-order chi connectivity index (χ0) is 14.9. The van der Waals surface area contributed by atoms with Gasteiger partial charge in [0.25, 0.3) is 0 Å². The summed E-state index contributed by atoms with van der Waals surface area (Å²) in [5.74, 6) is 0. The van der Waals surface area contributed by atoms with Crippen LogP contribution in [-0.2, 0) is 0 Å². The Hall–Kier alpha value is -2.37. The fourth-order valence-electron chi connectivity index (χ4n) is 2.43. The molecule has 0 bridgehead atoms. The van der Waals surface area contributed by atoms with E-state index in [-0.39, 0.29) is 0 Å². The molecule has 0 aliphatic heterocycles. The average Bonchev–Trinajstić information content (AvgIpc) is 2.95. The summed E-state index contributed by atoms with van der Waals surface area (Å²) in [5, 5.41) is 3.19. The van der Waals surface area contributed by atoms with E-state index in [9.17, 15) is 0 Å². The molecule has 2 heterocycles. The molecule has 0 atom stereocenters. The normalized spacial score (nSPS) is 10.9. The number of hydrogen-bond acceptors (Lipinski definition) is 3. The zero-order valence-electron chi connectivity index (χ0n) is 11.6. The van der Waals surface area contributed by atoms with Crippen molar-refractivity contribution in [1.29, 1.82) is 0 Å². The van der Waals surface area contributed by atoms with Crippen molar-refractivity contribution in [1.82, 2.24) is 10.1 Å². The van der Waals surface area contributed by atoms with Crippen LogP contribution in [0.25, 0.3) is 27.5 Å².